The van der Waals surface area contributed by atoms with Crippen molar-refractivity contribution in [3.05, 3.63) is 13.2 Å². The quantitative estimate of drug-likeness (QED) is 0.154. The van der Waals surface area contributed by atoms with E-state index in [0.29, 0.717) is 0 Å². The van der Waals surface area contributed by atoms with E-state index in [2.05, 4.69) is 44.4 Å². The van der Waals surface area contributed by atoms with Crippen LogP contribution in [0.2, 0.25) is 8.87 Å². The van der Waals surface area contributed by atoms with Crippen LogP contribution in [-0.2, 0) is 27.0 Å². The average molecular weight is 466 g/mol. The van der Waals surface area contributed by atoms with Gasteiger partial charge in [0.15, 0.2) is 6.10 Å². The zero-order valence-corrected chi connectivity index (χ0v) is 19.3. The Labute approximate surface area is 164 Å². The summed E-state index contributed by atoms with van der Waals surface area (Å²) in [4.78, 5) is 21.2. The summed E-state index contributed by atoms with van der Waals surface area (Å²) in [6.07, 6.45) is 5.75. The molecule has 0 heterocycles. The van der Waals surface area contributed by atoms with Crippen molar-refractivity contribution in [3.8, 4) is 0 Å². The molecule has 140 valence electrons. The van der Waals surface area contributed by atoms with E-state index in [4.69, 9.17) is 5.11 Å². The van der Waals surface area contributed by atoms with E-state index < -0.39 is 17.2 Å². The fraction of sp³-hybridized carbons (Fsp3) is 0.778. The van der Waals surface area contributed by atoms with Gasteiger partial charge in [-0.15, -0.1) is 13.2 Å². The van der Waals surface area contributed by atoms with Crippen molar-refractivity contribution < 1.29 is 19.4 Å². The molecule has 24 heavy (non-hydrogen) atoms. The fourth-order valence-electron chi connectivity index (χ4n) is 1.38. The van der Waals surface area contributed by atoms with Crippen LogP contribution in [-0.4, -0.2) is 50.0 Å². The van der Waals surface area contributed by atoms with Crippen molar-refractivity contribution in [1.29, 1.82) is 0 Å². The Balaban J connectivity index is -0.000000351. The minimum absolute atomic E-state index is 0.149. The summed E-state index contributed by atoms with van der Waals surface area (Å²) >= 11 is 4.35. The average Bonchev–Trinajstić information content (AvgIpc) is 2.57. The van der Waals surface area contributed by atoms with Gasteiger partial charge in [0.1, 0.15) is 0 Å². The molecule has 1 atom stereocenters. The van der Waals surface area contributed by atoms with Crippen molar-refractivity contribution in [2.24, 2.45) is 0 Å². The van der Waals surface area contributed by atoms with Gasteiger partial charge in [0.25, 0.3) is 0 Å². The van der Waals surface area contributed by atoms with Crippen LogP contribution >= 0.6 is 0 Å². The van der Waals surface area contributed by atoms with Crippen molar-refractivity contribution in [2.45, 2.75) is 80.7 Å². The number of unbranched alkanes of at least 4 members (excludes halogenated alkanes) is 3. The molecule has 0 aliphatic rings. The number of esters is 1. The second-order valence-electron chi connectivity index (χ2n) is 5.07. The number of ether oxygens (including phenoxy) is 1. The molecule has 0 amide bonds. The van der Waals surface area contributed by atoms with E-state index in [9.17, 15) is 9.59 Å². The van der Waals surface area contributed by atoms with Gasteiger partial charge < -0.3 is 27.3 Å². The Morgan fingerprint density at radius 2 is 1.50 bits per heavy atom. The van der Waals surface area contributed by atoms with Crippen molar-refractivity contribution in [3.63, 3.8) is 0 Å². The molecule has 0 aliphatic carbocycles. The Bertz CT molecular complexity index is 282. The molecular formula is C18H35O4SSn+. The first-order chi connectivity index (χ1) is 11.5. The van der Waals surface area contributed by atoms with Gasteiger partial charge in [-0.25, -0.2) is 4.79 Å². The van der Waals surface area contributed by atoms with Gasteiger partial charge in [-0.05, 0) is 6.42 Å². The molecule has 0 aliphatic heterocycles. The van der Waals surface area contributed by atoms with Gasteiger partial charge in [-0.3, -0.25) is 0 Å². The van der Waals surface area contributed by atoms with Crippen LogP contribution in [0.1, 0.15) is 65.7 Å². The van der Waals surface area contributed by atoms with Crippen LogP contribution in [0.15, 0.2) is 13.2 Å². The summed E-state index contributed by atoms with van der Waals surface area (Å²) in [5, 5.41) is 8.39. The monoisotopic (exact) mass is 467 g/mol. The van der Waals surface area contributed by atoms with E-state index in [1.807, 2.05) is 6.92 Å². The molecule has 1 unspecified atom stereocenters. The summed E-state index contributed by atoms with van der Waals surface area (Å²) < 4.78 is 7.91. The summed E-state index contributed by atoms with van der Waals surface area (Å²) in [5.74, 6) is -0.772. The molecule has 0 fully saturated rings. The molecule has 0 saturated heterocycles. The Hall–Kier alpha value is -0.141. The predicted octanol–water partition coefficient (Wildman–Crippen LogP) is 4.08. The van der Waals surface area contributed by atoms with Gasteiger partial charge >= 0.3 is 75.5 Å². The summed E-state index contributed by atoms with van der Waals surface area (Å²) in [5.41, 5.74) is 0. The molecule has 0 bridgehead atoms. The topological polar surface area (TPSA) is 63.6 Å². The van der Waals surface area contributed by atoms with Crippen molar-refractivity contribution in [1.82, 2.24) is 0 Å². The number of rotatable bonds is 12. The van der Waals surface area contributed by atoms with Crippen LogP contribution in [0.25, 0.3) is 0 Å². The first-order valence-electron chi connectivity index (χ1n) is 8.74. The molecule has 0 aromatic carbocycles. The van der Waals surface area contributed by atoms with Gasteiger partial charge in [-0.1, -0.05) is 13.3 Å². The molecule has 0 spiro atoms. The first-order valence-corrected chi connectivity index (χ1v) is 13.2. The normalized spacial score (nSPS) is 10.2. The molecule has 0 aromatic heterocycles. The van der Waals surface area contributed by atoms with Gasteiger partial charge in [-0.2, -0.15) is 0 Å². The van der Waals surface area contributed by atoms with Gasteiger partial charge in [0, 0.05) is 11.5 Å². The van der Waals surface area contributed by atoms with E-state index in [0.717, 1.165) is 12.8 Å². The van der Waals surface area contributed by atoms with Crippen molar-refractivity contribution in [2.75, 3.05) is 6.61 Å². The number of aliphatic hydroxyl groups excluding tert-OH is 1. The molecule has 1 N–H and O–H groups in total. The summed E-state index contributed by atoms with van der Waals surface area (Å²) in [6, 6.07) is 0. The first kappa shape index (κ1) is 28.7. The second-order valence-corrected chi connectivity index (χ2v) is 9.81. The Kier molecular flexibility index (Phi) is 30.0. The van der Waals surface area contributed by atoms with Crippen LogP contribution in [0, 0.1) is 0 Å². The Morgan fingerprint density at radius 1 is 1.04 bits per heavy atom. The Morgan fingerprint density at radius 3 is 1.88 bits per heavy atom. The van der Waals surface area contributed by atoms with E-state index in [1.54, 1.807) is 8.87 Å². The molecule has 6 heteroatoms. The number of carbonyl (C=O) groups is 2. The molecule has 4 nitrogen and oxygen atoms in total. The zero-order chi connectivity index (χ0) is 19.2. The van der Waals surface area contributed by atoms with E-state index in [1.165, 1.54) is 25.7 Å². The molecular weight excluding hydrogens is 431 g/mol. The number of aliphatic hydroxyl groups is 1. The molecule has 0 saturated carbocycles. The third-order valence-corrected chi connectivity index (χ3v) is 6.99. The third-order valence-electron chi connectivity index (χ3n) is 2.79. The molecule has 0 aromatic rings. The van der Waals surface area contributed by atoms with Crippen LogP contribution in [0.5, 0.6) is 0 Å². The minimum atomic E-state index is -1.40. The number of carbonyl (C=O) groups excluding carboxylic acids is 2. The zero-order valence-electron chi connectivity index (χ0n) is 15.6. The van der Waals surface area contributed by atoms with Crippen LogP contribution < -0.4 is 0 Å². The fourth-order valence-corrected chi connectivity index (χ4v) is 5.70. The SMILES string of the molecule is C=C.CCCCOC(=O)C(O)CC(=O)[S-].CCC[CH2][Sn+2][CH2]CCC. The van der Waals surface area contributed by atoms with Gasteiger partial charge in [0.05, 0.1) is 6.61 Å². The summed E-state index contributed by atoms with van der Waals surface area (Å²) in [6.45, 7) is 12.8. The van der Waals surface area contributed by atoms with Crippen LogP contribution in [0.3, 0.4) is 0 Å². The van der Waals surface area contributed by atoms with Crippen LogP contribution in [0.4, 0.5) is 0 Å². The van der Waals surface area contributed by atoms with Crippen molar-refractivity contribution >= 4 is 44.9 Å². The number of hydrogen-bond acceptors (Lipinski definition) is 5. The maximum atomic E-state index is 10.9. The van der Waals surface area contributed by atoms with E-state index in [-0.39, 0.29) is 34.2 Å². The maximum absolute atomic E-state index is 10.9. The third kappa shape index (κ3) is 26.7. The predicted molar refractivity (Wildman–Crippen MR) is 105 cm³/mol. The number of hydrogen-bond donors (Lipinski definition) is 1. The van der Waals surface area contributed by atoms with E-state index >= 15 is 0 Å². The summed E-state index contributed by atoms with van der Waals surface area (Å²) in [7, 11) is 0. The second kappa shape index (κ2) is 25.1. The van der Waals surface area contributed by atoms with Gasteiger partial charge in [0.2, 0.25) is 0 Å². The molecule has 0 rings (SSSR count). The molecule has 0 radical (unpaired) electrons. The standard InChI is InChI=1S/C8H14O4S.2C4H9.C2H4.Sn/c1-2-3-4-12-8(11)6(9)5-7(10)13;2*1-3-4-2;1-2;/h6,9H,2-5H2,1H3,(H,10,13);2*1,3-4H2,2H3;1-2H2;/q;;;;+2/p-1.